The zero-order chi connectivity index (χ0) is 18.1. The number of amides is 3. The first kappa shape index (κ1) is 16.7. The van der Waals surface area contributed by atoms with E-state index in [1.54, 1.807) is 19.3 Å². The number of fused-ring (bicyclic) bond motifs is 1. The Morgan fingerprint density at radius 3 is 2.85 bits per heavy atom. The van der Waals surface area contributed by atoms with E-state index in [9.17, 15) is 9.59 Å². The van der Waals surface area contributed by atoms with E-state index < -0.39 is 0 Å². The molecule has 3 amide bonds. The van der Waals surface area contributed by atoms with Gasteiger partial charge in [0.15, 0.2) is 0 Å². The van der Waals surface area contributed by atoms with Gasteiger partial charge in [-0.1, -0.05) is 25.1 Å². The summed E-state index contributed by atoms with van der Waals surface area (Å²) in [5.41, 5.74) is 7.15. The van der Waals surface area contributed by atoms with Gasteiger partial charge < -0.3 is 0 Å². The van der Waals surface area contributed by atoms with Crippen LogP contribution < -0.4 is 10.3 Å². The normalized spacial score (nSPS) is 16.6. The number of carbonyl (C=O) groups excluding carboxylic acids is 2. The molecule has 0 atom stereocenters. The van der Waals surface area contributed by atoms with Gasteiger partial charge in [0.1, 0.15) is 0 Å². The van der Waals surface area contributed by atoms with Crippen LogP contribution in [0.1, 0.15) is 48.8 Å². The third kappa shape index (κ3) is 3.20. The van der Waals surface area contributed by atoms with E-state index in [0.717, 1.165) is 11.1 Å². The van der Waals surface area contributed by atoms with Crippen molar-refractivity contribution in [2.24, 2.45) is 0 Å². The second-order valence-electron chi connectivity index (χ2n) is 6.81. The predicted octanol–water partition coefficient (Wildman–Crippen LogP) is 3.34. The summed E-state index contributed by atoms with van der Waals surface area (Å²) in [6.45, 7) is 2.70. The van der Waals surface area contributed by atoms with Crippen LogP contribution >= 0.6 is 0 Å². The van der Waals surface area contributed by atoms with Gasteiger partial charge in [-0.15, -0.1) is 0 Å². The quantitative estimate of drug-likeness (QED) is 0.898. The van der Waals surface area contributed by atoms with Crippen LogP contribution in [0.3, 0.4) is 0 Å². The first-order chi connectivity index (χ1) is 12.7. The molecule has 0 saturated heterocycles. The smallest absolute Gasteiger partial charge is 0.274 e. The highest BCUT2D eigenvalue weighted by Crippen LogP contribution is 2.42. The number of nitrogens with zero attached hydrogens (tertiary/aromatic N) is 3. The van der Waals surface area contributed by atoms with Crippen molar-refractivity contribution in [3.8, 4) is 0 Å². The Kier molecular flexibility index (Phi) is 4.42. The van der Waals surface area contributed by atoms with Gasteiger partial charge >= 0.3 is 6.03 Å². The van der Waals surface area contributed by atoms with E-state index >= 15 is 0 Å². The fourth-order valence-electron chi connectivity index (χ4n) is 3.29. The van der Waals surface area contributed by atoms with Crippen LogP contribution in [0.4, 0.5) is 10.5 Å². The molecule has 1 aliphatic heterocycles. The summed E-state index contributed by atoms with van der Waals surface area (Å²) in [6.07, 6.45) is 6.20. The van der Waals surface area contributed by atoms with Gasteiger partial charge in [-0.2, -0.15) is 0 Å². The minimum absolute atomic E-state index is 0.191. The van der Waals surface area contributed by atoms with E-state index in [1.807, 2.05) is 18.2 Å². The minimum Gasteiger partial charge on any atom is -0.274 e. The van der Waals surface area contributed by atoms with Crippen molar-refractivity contribution in [3.63, 3.8) is 0 Å². The van der Waals surface area contributed by atoms with E-state index in [1.165, 1.54) is 28.3 Å². The van der Waals surface area contributed by atoms with Crippen molar-refractivity contribution in [1.29, 1.82) is 0 Å². The van der Waals surface area contributed by atoms with Crippen molar-refractivity contribution in [2.45, 2.75) is 45.2 Å². The summed E-state index contributed by atoms with van der Waals surface area (Å²) in [7, 11) is 0. The van der Waals surface area contributed by atoms with Crippen LogP contribution in [-0.4, -0.2) is 21.9 Å². The van der Waals surface area contributed by atoms with Crippen LogP contribution in [0, 0.1) is 0 Å². The van der Waals surface area contributed by atoms with Crippen LogP contribution in [-0.2, 0) is 17.9 Å². The molecule has 1 aromatic carbocycles. The number of carbonyl (C=O) groups is 2. The van der Waals surface area contributed by atoms with Crippen molar-refractivity contribution < 1.29 is 9.59 Å². The molecule has 2 heterocycles. The summed E-state index contributed by atoms with van der Waals surface area (Å²) in [5.74, 6) is 0.438. The summed E-state index contributed by atoms with van der Waals surface area (Å²) in [5, 5.41) is 1.53. The van der Waals surface area contributed by atoms with Gasteiger partial charge in [-0.05, 0) is 47.6 Å². The van der Waals surface area contributed by atoms with Crippen molar-refractivity contribution in [2.75, 3.05) is 4.90 Å². The molecular weight excluding hydrogens is 328 g/mol. The van der Waals surface area contributed by atoms with Gasteiger partial charge in [-0.25, -0.2) is 15.1 Å². The van der Waals surface area contributed by atoms with Gasteiger partial charge in [0.2, 0.25) is 5.91 Å². The number of benzene rings is 1. The molecule has 2 aliphatic rings. The molecule has 4 rings (SSSR count). The largest absolute Gasteiger partial charge is 0.346 e. The average molecular weight is 350 g/mol. The molecular formula is C20H22N4O2. The fraction of sp³-hybridized carbons (Fsp3) is 0.350. The molecule has 1 fully saturated rings. The van der Waals surface area contributed by atoms with Gasteiger partial charge in [0.25, 0.3) is 0 Å². The average Bonchev–Trinajstić information content (AvgIpc) is 3.51. The molecule has 1 aromatic heterocycles. The molecule has 1 saturated carbocycles. The predicted molar refractivity (Wildman–Crippen MR) is 98.2 cm³/mol. The Bertz CT molecular complexity index is 833. The maximum atomic E-state index is 12.9. The Morgan fingerprint density at radius 2 is 2.15 bits per heavy atom. The summed E-state index contributed by atoms with van der Waals surface area (Å²) >= 11 is 0. The van der Waals surface area contributed by atoms with Crippen molar-refractivity contribution in [1.82, 2.24) is 15.4 Å². The van der Waals surface area contributed by atoms with Gasteiger partial charge in [0, 0.05) is 25.4 Å². The number of rotatable bonds is 5. The molecule has 6 heteroatoms. The van der Waals surface area contributed by atoms with E-state index in [2.05, 4.69) is 22.5 Å². The van der Waals surface area contributed by atoms with Crippen LogP contribution in [0.15, 0.2) is 42.7 Å². The number of hydrazine groups is 1. The van der Waals surface area contributed by atoms with E-state index in [4.69, 9.17) is 0 Å². The summed E-state index contributed by atoms with van der Waals surface area (Å²) < 4.78 is 0. The molecule has 134 valence electrons. The standard InChI is InChI=1S/C20H22N4O2/c1-2-19(25)24-18-8-7-16(15-5-6-15)10-17(18)13-23(20(24)26)22-12-14-4-3-9-21-11-14/h3-4,7-11,15,22H,2,5-6,12-13H2,1H3. The Morgan fingerprint density at radius 1 is 1.31 bits per heavy atom. The molecule has 0 radical (unpaired) electrons. The van der Waals surface area contributed by atoms with Gasteiger partial charge in [-0.3, -0.25) is 14.8 Å². The second-order valence-corrected chi connectivity index (χ2v) is 6.81. The highest BCUT2D eigenvalue weighted by Gasteiger charge is 2.35. The zero-order valence-electron chi connectivity index (χ0n) is 14.8. The molecule has 26 heavy (non-hydrogen) atoms. The van der Waals surface area contributed by atoms with Crippen LogP contribution in [0.5, 0.6) is 0 Å². The molecule has 1 N–H and O–H groups in total. The zero-order valence-corrected chi connectivity index (χ0v) is 14.8. The number of imide groups is 1. The van der Waals surface area contributed by atoms with Crippen LogP contribution in [0.2, 0.25) is 0 Å². The third-order valence-corrected chi connectivity index (χ3v) is 4.89. The maximum absolute atomic E-state index is 12.9. The first-order valence-corrected chi connectivity index (χ1v) is 9.07. The van der Waals surface area contributed by atoms with E-state index in [-0.39, 0.29) is 18.4 Å². The number of aromatic nitrogens is 1. The minimum atomic E-state index is -0.326. The number of nitrogens with one attached hydrogen (secondary N) is 1. The maximum Gasteiger partial charge on any atom is 0.346 e. The summed E-state index contributed by atoms with van der Waals surface area (Å²) in [6, 6.07) is 9.61. The van der Waals surface area contributed by atoms with E-state index in [0.29, 0.717) is 24.7 Å². The van der Waals surface area contributed by atoms with Crippen molar-refractivity contribution >= 4 is 17.6 Å². The molecule has 0 spiro atoms. The second kappa shape index (κ2) is 6.88. The lowest BCUT2D eigenvalue weighted by atomic mass is 10.0. The first-order valence-electron chi connectivity index (χ1n) is 9.07. The SMILES string of the molecule is CCC(=O)N1C(=O)N(NCc2cccnc2)Cc2cc(C3CC3)ccc21. The number of hydrogen-bond donors (Lipinski definition) is 1. The Labute approximate surface area is 152 Å². The monoisotopic (exact) mass is 350 g/mol. The molecule has 6 nitrogen and oxygen atoms in total. The third-order valence-electron chi connectivity index (χ3n) is 4.89. The Hall–Kier alpha value is -2.73. The number of hydrogen-bond acceptors (Lipinski definition) is 4. The number of anilines is 1. The number of pyridine rings is 1. The summed E-state index contributed by atoms with van der Waals surface area (Å²) in [4.78, 5) is 30.7. The molecule has 0 unspecified atom stereocenters. The molecule has 2 aromatic rings. The lowest BCUT2D eigenvalue weighted by molar-refractivity contribution is -0.117. The highest BCUT2D eigenvalue weighted by atomic mass is 16.2. The highest BCUT2D eigenvalue weighted by molar-refractivity contribution is 6.15. The molecule has 0 bridgehead atoms. The topological polar surface area (TPSA) is 65.5 Å². The Balaban J connectivity index is 1.61. The lowest BCUT2D eigenvalue weighted by Gasteiger charge is -2.36. The number of urea groups is 1. The van der Waals surface area contributed by atoms with Gasteiger partial charge in [0.05, 0.1) is 12.2 Å². The van der Waals surface area contributed by atoms with Crippen molar-refractivity contribution in [3.05, 3.63) is 59.4 Å². The van der Waals surface area contributed by atoms with Crippen LogP contribution in [0.25, 0.3) is 0 Å². The fourth-order valence-corrected chi connectivity index (χ4v) is 3.29. The lowest BCUT2D eigenvalue weighted by Crippen LogP contribution is -2.54. The molecule has 1 aliphatic carbocycles.